The molecule has 3 rings (SSSR count). The normalized spacial score (nSPS) is 11.2. The zero-order valence-corrected chi connectivity index (χ0v) is 23.8. The molecule has 0 saturated heterocycles. The molecule has 0 spiro atoms. The summed E-state index contributed by atoms with van der Waals surface area (Å²) in [6, 6.07) is 21.8. The summed E-state index contributed by atoms with van der Waals surface area (Å²) in [5, 5.41) is 1.11. The molecule has 1 aromatic heterocycles. The van der Waals surface area contributed by atoms with Crippen LogP contribution >= 0.6 is 0 Å². The molecule has 2 aromatic carbocycles. The molecule has 0 amide bonds. The molecule has 0 N–H and O–H groups in total. The summed E-state index contributed by atoms with van der Waals surface area (Å²) in [6.07, 6.45) is 21.8. The molecule has 38 heavy (non-hydrogen) atoms. The van der Waals surface area contributed by atoms with Crippen LogP contribution in [0.2, 0.25) is 0 Å². The predicted octanol–water partition coefficient (Wildman–Crippen LogP) is 9.65. The third-order valence-electron chi connectivity index (χ3n) is 7.54. The fraction of sp³-hybridized carbons (Fsp3) is 0.543. The van der Waals surface area contributed by atoms with Crippen molar-refractivity contribution in [3.8, 4) is 5.88 Å². The average Bonchev–Trinajstić information content (AvgIpc) is 2.96. The quantitative estimate of drug-likeness (QED) is 0.0801. The first-order valence-corrected chi connectivity index (χ1v) is 15.4. The van der Waals surface area contributed by atoms with Crippen LogP contribution in [0.25, 0.3) is 10.9 Å². The number of aromatic nitrogens is 1. The maximum Gasteiger partial charge on any atom is 0.368 e. The number of nitrogens with zero attached hydrogens (tertiary/aromatic N) is 1. The molecule has 206 valence electrons. The highest BCUT2D eigenvalue weighted by atomic mass is 16.5. The molecule has 3 aromatic rings. The monoisotopic (exact) mass is 516 g/mol. The minimum Gasteiger partial charge on any atom is -0.444 e. The summed E-state index contributed by atoms with van der Waals surface area (Å²) in [5.74, 6) is 0.869. The van der Waals surface area contributed by atoms with Crippen molar-refractivity contribution in [1.82, 2.24) is 0 Å². The van der Waals surface area contributed by atoms with E-state index in [9.17, 15) is 4.79 Å². The third kappa shape index (κ3) is 11.0. The zero-order chi connectivity index (χ0) is 26.7. The van der Waals surface area contributed by atoms with Crippen LogP contribution in [0.1, 0.15) is 120 Å². The van der Waals surface area contributed by atoms with Crippen LogP contribution in [0, 0.1) is 0 Å². The van der Waals surface area contributed by atoms with E-state index in [4.69, 9.17) is 4.74 Å². The van der Waals surface area contributed by atoms with E-state index >= 15 is 0 Å². The van der Waals surface area contributed by atoms with Crippen molar-refractivity contribution >= 4 is 16.7 Å². The average molecular weight is 517 g/mol. The molecule has 0 aliphatic rings. The number of ketones is 1. The van der Waals surface area contributed by atoms with Crippen molar-refractivity contribution in [2.75, 3.05) is 6.61 Å². The number of benzene rings is 2. The van der Waals surface area contributed by atoms with Gasteiger partial charge in [-0.3, -0.25) is 4.79 Å². The van der Waals surface area contributed by atoms with E-state index in [1.54, 1.807) is 0 Å². The van der Waals surface area contributed by atoms with Crippen LogP contribution in [0.15, 0.2) is 66.7 Å². The van der Waals surface area contributed by atoms with E-state index in [1.807, 2.05) is 53.1 Å². The molecule has 0 bridgehead atoms. The molecule has 0 atom stereocenters. The molecule has 0 radical (unpaired) electrons. The highest BCUT2D eigenvalue weighted by Crippen LogP contribution is 2.17. The fourth-order valence-electron chi connectivity index (χ4n) is 5.22. The summed E-state index contributed by atoms with van der Waals surface area (Å²) in [4.78, 5) is 13.0. The lowest BCUT2D eigenvalue weighted by molar-refractivity contribution is -0.663. The lowest BCUT2D eigenvalue weighted by atomic mass is 10.0. The molecule has 0 saturated carbocycles. The molecule has 0 fully saturated rings. The van der Waals surface area contributed by atoms with Crippen molar-refractivity contribution in [2.24, 2.45) is 0 Å². The number of carbonyl (C=O) groups excluding carboxylic acids is 1. The van der Waals surface area contributed by atoms with Gasteiger partial charge in [0.05, 0.1) is 12.7 Å². The van der Waals surface area contributed by atoms with Crippen molar-refractivity contribution in [1.29, 1.82) is 0 Å². The summed E-state index contributed by atoms with van der Waals surface area (Å²) >= 11 is 0. The maximum atomic E-state index is 13.0. The molecule has 3 heteroatoms. The maximum absolute atomic E-state index is 13.0. The van der Waals surface area contributed by atoms with E-state index in [0.29, 0.717) is 6.61 Å². The van der Waals surface area contributed by atoms with Gasteiger partial charge < -0.3 is 4.74 Å². The third-order valence-corrected chi connectivity index (χ3v) is 7.54. The van der Waals surface area contributed by atoms with Gasteiger partial charge in [-0.05, 0) is 18.6 Å². The van der Waals surface area contributed by atoms with Crippen LogP contribution < -0.4 is 9.30 Å². The van der Waals surface area contributed by atoms with Crippen molar-refractivity contribution in [3.63, 3.8) is 0 Å². The van der Waals surface area contributed by atoms with E-state index in [2.05, 4.69) is 25.1 Å². The smallest absolute Gasteiger partial charge is 0.368 e. The van der Waals surface area contributed by atoms with Gasteiger partial charge in [0.1, 0.15) is 0 Å². The van der Waals surface area contributed by atoms with Crippen molar-refractivity contribution in [2.45, 2.75) is 116 Å². The highest BCUT2D eigenvalue weighted by molar-refractivity contribution is 5.95. The number of hydrogen-bond donors (Lipinski definition) is 0. The Kier molecular flexibility index (Phi) is 14.6. The first-order valence-electron chi connectivity index (χ1n) is 15.4. The highest BCUT2D eigenvalue weighted by Gasteiger charge is 2.21. The van der Waals surface area contributed by atoms with Gasteiger partial charge in [-0.1, -0.05) is 146 Å². The topological polar surface area (TPSA) is 30.2 Å². The number of hydrogen-bond acceptors (Lipinski definition) is 2. The first-order chi connectivity index (χ1) is 18.8. The van der Waals surface area contributed by atoms with Crippen LogP contribution in [0.4, 0.5) is 0 Å². The van der Waals surface area contributed by atoms with Crippen LogP contribution in [0.3, 0.4) is 0 Å². The number of carbonyl (C=O) groups is 1. The molecule has 0 aliphatic carbocycles. The van der Waals surface area contributed by atoms with E-state index in [1.165, 1.54) is 96.3 Å². The van der Waals surface area contributed by atoms with E-state index < -0.39 is 0 Å². The number of Topliss-reactive ketones (excluding diaryl/α,β-unsaturated/α-hetero) is 1. The molecule has 3 nitrogen and oxygen atoms in total. The van der Waals surface area contributed by atoms with E-state index in [-0.39, 0.29) is 12.3 Å². The summed E-state index contributed by atoms with van der Waals surface area (Å²) < 4.78 is 8.24. The Morgan fingerprint density at radius 2 is 1.13 bits per heavy atom. The second kappa shape index (κ2) is 18.6. The van der Waals surface area contributed by atoms with Gasteiger partial charge in [0, 0.05) is 17.0 Å². The van der Waals surface area contributed by atoms with Gasteiger partial charge in [0.25, 0.3) is 0 Å². The largest absolute Gasteiger partial charge is 0.444 e. The van der Waals surface area contributed by atoms with Crippen molar-refractivity contribution in [3.05, 3.63) is 72.3 Å². The Hall–Kier alpha value is -2.68. The van der Waals surface area contributed by atoms with Gasteiger partial charge in [-0.15, -0.1) is 0 Å². The molecular formula is C35H50NO2+. The van der Waals surface area contributed by atoms with Crippen LogP contribution in [-0.4, -0.2) is 12.4 Å². The van der Waals surface area contributed by atoms with Gasteiger partial charge in [-0.25, -0.2) is 0 Å². The van der Waals surface area contributed by atoms with Gasteiger partial charge >= 0.3 is 5.88 Å². The molecule has 0 aliphatic heterocycles. The minimum atomic E-state index is 0.0965. The van der Waals surface area contributed by atoms with Crippen LogP contribution in [-0.2, 0) is 6.54 Å². The number of ether oxygens (including phenoxy) is 1. The Morgan fingerprint density at radius 1 is 0.605 bits per heavy atom. The SMILES string of the molecule is CCCCCCCCCCCCCCCCCCOc1ccc2ccccc2[n+]1CC(=O)c1ccccc1. The fourth-order valence-corrected chi connectivity index (χ4v) is 5.22. The molecule has 1 heterocycles. The number of fused-ring (bicyclic) bond motifs is 1. The lowest BCUT2D eigenvalue weighted by Gasteiger charge is -2.09. The van der Waals surface area contributed by atoms with Gasteiger partial charge in [0.2, 0.25) is 17.8 Å². The van der Waals surface area contributed by atoms with Gasteiger partial charge in [-0.2, -0.15) is 4.57 Å². The van der Waals surface area contributed by atoms with Gasteiger partial charge in [0.15, 0.2) is 0 Å². The van der Waals surface area contributed by atoms with Crippen molar-refractivity contribution < 1.29 is 14.1 Å². The number of unbranched alkanes of at least 4 members (excludes halogenated alkanes) is 15. The molecule has 0 unspecified atom stereocenters. The lowest BCUT2D eigenvalue weighted by Crippen LogP contribution is -2.40. The van der Waals surface area contributed by atoms with E-state index in [0.717, 1.165) is 28.8 Å². The second-order valence-corrected chi connectivity index (χ2v) is 10.8. The Balaban J connectivity index is 1.30. The second-order valence-electron chi connectivity index (χ2n) is 10.8. The van der Waals surface area contributed by atoms with Crippen LogP contribution in [0.5, 0.6) is 5.88 Å². The summed E-state index contributed by atoms with van der Waals surface area (Å²) in [5.41, 5.74) is 1.76. The zero-order valence-electron chi connectivity index (χ0n) is 23.8. The predicted molar refractivity (Wildman–Crippen MR) is 160 cm³/mol. The number of rotatable bonds is 21. The number of para-hydroxylation sites is 1. The standard InChI is InChI=1S/C35H50NO2/c1-2-3-4-5-6-7-8-9-10-11-12-13-14-15-16-22-29-38-35-28-27-31-23-20-21-26-33(31)36(35)30-34(37)32-24-18-17-19-25-32/h17-21,23-28H,2-16,22,29-30H2,1H3/q+1. The Morgan fingerprint density at radius 3 is 1.74 bits per heavy atom. The summed E-state index contributed by atoms with van der Waals surface area (Å²) in [6.45, 7) is 3.26. The number of pyridine rings is 1. The molecular weight excluding hydrogens is 466 g/mol. The Labute approximate surface area is 231 Å². The minimum absolute atomic E-state index is 0.0965. The summed E-state index contributed by atoms with van der Waals surface area (Å²) in [7, 11) is 0. The Bertz CT molecular complexity index is 1050. The first kappa shape index (κ1) is 29.9.